The Kier molecular flexibility index (Phi) is 9.45. The number of amides is 1. The van der Waals surface area contributed by atoms with Gasteiger partial charge in [0.2, 0.25) is 10.0 Å². The van der Waals surface area contributed by atoms with Gasteiger partial charge < -0.3 is 14.3 Å². The maximum Gasteiger partial charge on any atom is 0.280 e. The number of hydrogen-bond acceptors (Lipinski definition) is 10. The number of thiazole rings is 1. The average Bonchev–Trinajstić information content (AvgIpc) is 3.45. The maximum atomic E-state index is 13.0. The summed E-state index contributed by atoms with van der Waals surface area (Å²) in [5.41, 5.74) is 0.928. The Balaban J connectivity index is 1.80. The normalized spacial score (nSPS) is 12.0. The van der Waals surface area contributed by atoms with Crippen LogP contribution in [0.3, 0.4) is 0 Å². The number of benzene rings is 1. The molecule has 0 spiro atoms. The Labute approximate surface area is 207 Å². The third-order valence-corrected chi connectivity index (χ3v) is 6.81. The molecular weight excluding hydrogens is 496 g/mol. The largest absolute Gasteiger partial charge is 0.389 e. The number of sulfonamides is 1. The van der Waals surface area contributed by atoms with Gasteiger partial charge in [-0.05, 0) is 18.2 Å². The first kappa shape index (κ1) is 26.4. The number of rotatable bonds is 13. The van der Waals surface area contributed by atoms with Gasteiger partial charge in [0.25, 0.3) is 5.91 Å². The zero-order valence-corrected chi connectivity index (χ0v) is 21.1. The second-order valence-corrected chi connectivity index (χ2v) is 10.0. The molecule has 1 amide bonds. The van der Waals surface area contributed by atoms with Crippen LogP contribution in [0.5, 0.6) is 0 Å². The highest BCUT2D eigenvalue weighted by molar-refractivity contribution is 7.89. The minimum absolute atomic E-state index is 0.0376. The van der Waals surface area contributed by atoms with Crippen LogP contribution in [0.25, 0.3) is 0 Å². The molecule has 0 radical (unpaired) electrons. The molecule has 2 aromatic heterocycles. The van der Waals surface area contributed by atoms with E-state index in [0.29, 0.717) is 23.0 Å². The van der Waals surface area contributed by atoms with Crippen molar-refractivity contribution in [1.29, 1.82) is 0 Å². The lowest BCUT2D eigenvalue weighted by molar-refractivity contribution is -0.110. The van der Waals surface area contributed by atoms with Gasteiger partial charge in [-0.1, -0.05) is 28.6 Å². The summed E-state index contributed by atoms with van der Waals surface area (Å²) < 4.78 is 38.8. The third kappa shape index (κ3) is 7.66. The fourth-order valence-electron chi connectivity index (χ4n) is 2.81. The minimum Gasteiger partial charge on any atom is -0.389 e. The molecule has 3 rings (SSSR count). The van der Waals surface area contributed by atoms with Crippen molar-refractivity contribution in [1.82, 2.24) is 19.5 Å². The molecule has 14 heteroatoms. The van der Waals surface area contributed by atoms with Crippen molar-refractivity contribution in [3.8, 4) is 0 Å². The van der Waals surface area contributed by atoms with Crippen molar-refractivity contribution in [2.75, 3.05) is 32.7 Å². The van der Waals surface area contributed by atoms with Gasteiger partial charge in [-0.15, -0.1) is 0 Å². The lowest BCUT2D eigenvalue weighted by Crippen LogP contribution is -2.27. The van der Waals surface area contributed by atoms with Crippen molar-refractivity contribution < 1.29 is 27.5 Å². The highest BCUT2D eigenvalue weighted by Gasteiger charge is 2.20. The summed E-state index contributed by atoms with van der Waals surface area (Å²) in [6.07, 6.45) is 3.37. The molecule has 0 saturated heterocycles. The van der Waals surface area contributed by atoms with Gasteiger partial charge in [-0.3, -0.25) is 14.8 Å². The molecule has 0 bridgehead atoms. The quantitative estimate of drug-likeness (QED) is 0.195. The molecule has 35 heavy (non-hydrogen) atoms. The molecular formula is C21H26N6O6S2. The number of aryl methyl sites for hydroxylation is 1. The fraction of sp³-hybridized carbons (Fsp3) is 0.333. The maximum absolute atomic E-state index is 13.0. The molecule has 0 aliphatic rings. The lowest BCUT2D eigenvalue weighted by atomic mass is 10.1. The number of nitrogens with zero attached hydrogens (tertiary/aromatic N) is 4. The second-order valence-electron chi connectivity index (χ2n) is 7.13. The van der Waals surface area contributed by atoms with Crippen molar-refractivity contribution in [2.24, 2.45) is 12.2 Å². The summed E-state index contributed by atoms with van der Waals surface area (Å²) >= 11 is 1.26. The van der Waals surface area contributed by atoms with Crippen LogP contribution in [0.2, 0.25) is 0 Å². The number of aromatic nitrogens is 3. The van der Waals surface area contributed by atoms with E-state index in [-0.39, 0.29) is 30.4 Å². The first-order valence-corrected chi connectivity index (χ1v) is 12.6. The molecule has 0 unspecified atom stereocenters. The smallest absolute Gasteiger partial charge is 0.280 e. The summed E-state index contributed by atoms with van der Waals surface area (Å²) in [7, 11) is 1.09. The van der Waals surface area contributed by atoms with Crippen LogP contribution in [-0.4, -0.2) is 62.2 Å². The van der Waals surface area contributed by atoms with Crippen LogP contribution in [0, 0.1) is 0 Å². The molecule has 3 aromatic rings. The van der Waals surface area contributed by atoms with E-state index >= 15 is 0 Å². The van der Waals surface area contributed by atoms with E-state index in [1.165, 1.54) is 42.7 Å². The van der Waals surface area contributed by atoms with Gasteiger partial charge in [-0.2, -0.15) is 5.10 Å². The van der Waals surface area contributed by atoms with Crippen LogP contribution in [0.1, 0.15) is 16.1 Å². The van der Waals surface area contributed by atoms with Gasteiger partial charge in [-0.25, -0.2) is 18.1 Å². The van der Waals surface area contributed by atoms with Crippen LogP contribution in [0.4, 0.5) is 5.13 Å². The Bertz CT molecular complexity index is 1250. The minimum atomic E-state index is -3.73. The zero-order chi connectivity index (χ0) is 25.3. The number of carbonyl (C=O) groups is 1. The molecule has 0 aliphatic carbocycles. The van der Waals surface area contributed by atoms with Crippen LogP contribution >= 0.6 is 11.3 Å². The highest BCUT2D eigenvalue weighted by Crippen LogP contribution is 2.19. The standard InChI is InChI=1S/C21H26N6O6S2/c1-27-10-8-16(25-27)13-33-26-19(20(28)24-21-22-12-17(34-21)14-32-3)15-4-6-18(7-5-15)35(29,30)23-9-11-31-2/h4-8,10,12,23H,9,11,13-14H2,1-3H3,(H,22,24,28)/b26-19+. The molecule has 188 valence electrons. The first-order valence-electron chi connectivity index (χ1n) is 10.3. The van der Waals surface area contributed by atoms with Gasteiger partial charge in [0.05, 0.1) is 23.0 Å². The summed E-state index contributed by atoms with van der Waals surface area (Å²) in [5, 5.41) is 11.3. The van der Waals surface area contributed by atoms with Crippen LogP contribution < -0.4 is 10.0 Å². The number of methoxy groups -OCH3 is 2. The van der Waals surface area contributed by atoms with Gasteiger partial charge in [0.15, 0.2) is 17.5 Å². The number of carbonyl (C=O) groups excluding carboxylic acids is 1. The van der Waals surface area contributed by atoms with E-state index in [1.54, 1.807) is 37.3 Å². The van der Waals surface area contributed by atoms with E-state index in [1.807, 2.05) is 0 Å². The summed E-state index contributed by atoms with van der Waals surface area (Å²) in [6.45, 7) is 0.791. The molecule has 0 aliphatic heterocycles. The fourth-order valence-corrected chi connectivity index (χ4v) is 4.61. The van der Waals surface area contributed by atoms with Crippen molar-refractivity contribution in [3.05, 3.63) is 58.9 Å². The predicted octanol–water partition coefficient (Wildman–Crippen LogP) is 1.51. The molecule has 0 atom stereocenters. The number of ether oxygens (including phenoxy) is 2. The average molecular weight is 523 g/mol. The predicted molar refractivity (Wildman–Crippen MR) is 129 cm³/mol. The lowest BCUT2D eigenvalue weighted by Gasteiger charge is -2.09. The van der Waals surface area contributed by atoms with Gasteiger partial charge >= 0.3 is 0 Å². The summed E-state index contributed by atoms with van der Waals surface area (Å²) in [6, 6.07) is 7.48. The van der Waals surface area contributed by atoms with Gasteiger partial charge in [0, 0.05) is 45.8 Å². The SMILES string of the molecule is COCCNS(=O)(=O)c1ccc(/C(=N\OCc2ccn(C)n2)C(=O)Nc2ncc(COC)s2)cc1. The van der Waals surface area contributed by atoms with Crippen molar-refractivity contribution >= 4 is 38.1 Å². The Morgan fingerprint density at radius 1 is 1.14 bits per heavy atom. The zero-order valence-electron chi connectivity index (χ0n) is 19.4. The molecule has 1 aromatic carbocycles. The van der Waals surface area contributed by atoms with Crippen LogP contribution in [0.15, 0.2) is 52.8 Å². The Morgan fingerprint density at radius 2 is 1.91 bits per heavy atom. The van der Waals surface area contributed by atoms with E-state index in [9.17, 15) is 13.2 Å². The van der Waals surface area contributed by atoms with E-state index in [2.05, 4.69) is 25.3 Å². The van der Waals surface area contributed by atoms with Gasteiger partial charge in [0.1, 0.15) is 5.69 Å². The number of hydrogen-bond donors (Lipinski definition) is 2. The monoisotopic (exact) mass is 522 g/mol. The van der Waals surface area contributed by atoms with E-state index < -0.39 is 15.9 Å². The topological polar surface area (TPSA) is 146 Å². The first-order chi connectivity index (χ1) is 16.8. The third-order valence-electron chi connectivity index (χ3n) is 4.45. The number of anilines is 1. The number of oxime groups is 1. The van der Waals surface area contributed by atoms with Crippen LogP contribution in [-0.2, 0) is 49.4 Å². The molecule has 2 heterocycles. The number of nitrogens with one attached hydrogen (secondary N) is 2. The summed E-state index contributed by atoms with van der Waals surface area (Å²) in [5.74, 6) is -0.571. The van der Waals surface area contributed by atoms with Crippen molar-refractivity contribution in [2.45, 2.75) is 18.1 Å². The highest BCUT2D eigenvalue weighted by atomic mass is 32.2. The summed E-state index contributed by atoms with van der Waals surface area (Å²) in [4.78, 5) is 23.5. The van der Waals surface area contributed by atoms with E-state index in [0.717, 1.165) is 4.88 Å². The second kappa shape index (κ2) is 12.5. The molecule has 0 saturated carbocycles. The van der Waals surface area contributed by atoms with E-state index in [4.69, 9.17) is 14.3 Å². The molecule has 12 nitrogen and oxygen atoms in total. The van der Waals surface area contributed by atoms with Crippen molar-refractivity contribution in [3.63, 3.8) is 0 Å². The molecule has 0 fully saturated rings. The Hall–Kier alpha value is -3.17. The molecule has 2 N–H and O–H groups in total. The Morgan fingerprint density at radius 3 is 2.57 bits per heavy atom.